The summed E-state index contributed by atoms with van der Waals surface area (Å²) < 4.78 is 0. The Balaban J connectivity index is 1.35. The van der Waals surface area contributed by atoms with Gasteiger partial charge >= 0.3 is 0 Å². The second-order valence-corrected chi connectivity index (χ2v) is 10.7. The zero-order chi connectivity index (χ0) is 21.0. The van der Waals surface area contributed by atoms with E-state index in [1.165, 1.54) is 25.7 Å². The topological polar surface area (TPSA) is 40.6 Å². The van der Waals surface area contributed by atoms with Gasteiger partial charge in [-0.25, -0.2) is 0 Å². The summed E-state index contributed by atoms with van der Waals surface area (Å²) in [6, 6.07) is 10.2. The summed E-state index contributed by atoms with van der Waals surface area (Å²) in [5.41, 5.74) is 1.12. The zero-order valence-corrected chi connectivity index (χ0v) is 19.2. The van der Waals surface area contributed by atoms with Crippen LogP contribution in [0.15, 0.2) is 30.3 Å². The molecule has 3 fully saturated rings. The first-order valence-electron chi connectivity index (χ1n) is 11.9. The molecule has 0 aromatic heterocycles. The van der Waals surface area contributed by atoms with Crippen LogP contribution in [0.5, 0.6) is 0 Å². The van der Waals surface area contributed by atoms with Gasteiger partial charge in [0.05, 0.1) is 10.8 Å². The summed E-state index contributed by atoms with van der Waals surface area (Å²) in [6.07, 6.45) is 9.71. The summed E-state index contributed by atoms with van der Waals surface area (Å²) >= 11 is 1.95. The van der Waals surface area contributed by atoms with E-state index in [0.717, 1.165) is 62.6 Å². The summed E-state index contributed by atoms with van der Waals surface area (Å²) in [4.78, 5) is 30.5. The SMILES string of the molecule is CC[C@H](C(=O)N1CCC2(CC1)SCCN2C(=O)CCC1CCCC1)c1ccccc1. The average Bonchev–Trinajstić information content (AvgIpc) is 3.44. The van der Waals surface area contributed by atoms with Gasteiger partial charge in [-0.1, -0.05) is 62.9 Å². The van der Waals surface area contributed by atoms with Crippen LogP contribution >= 0.6 is 11.8 Å². The summed E-state index contributed by atoms with van der Waals surface area (Å²) in [6.45, 7) is 4.51. The Morgan fingerprint density at radius 1 is 1.10 bits per heavy atom. The highest BCUT2D eigenvalue weighted by Crippen LogP contribution is 2.45. The van der Waals surface area contributed by atoms with Crippen LogP contribution < -0.4 is 0 Å². The van der Waals surface area contributed by atoms with Crippen LogP contribution in [-0.2, 0) is 9.59 Å². The molecule has 2 saturated heterocycles. The highest BCUT2D eigenvalue weighted by Gasteiger charge is 2.47. The Hall–Kier alpha value is -1.49. The van der Waals surface area contributed by atoms with Crippen molar-refractivity contribution in [2.24, 2.45) is 5.92 Å². The Bertz CT molecular complexity index is 724. The number of benzene rings is 1. The monoisotopic (exact) mass is 428 g/mol. The minimum atomic E-state index is -0.0714. The molecule has 2 amide bonds. The molecule has 164 valence electrons. The number of thioether (sulfide) groups is 1. The smallest absolute Gasteiger partial charge is 0.230 e. The number of hydrogen-bond donors (Lipinski definition) is 0. The van der Waals surface area contributed by atoms with Gasteiger partial charge in [0.2, 0.25) is 11.8 Å². The van der Waals surface area contributed by atoms with Gasteiger partial charge in [-0.15, -0.1) is 11.8 Å². The van der Waals surface area contributed by atoms with E-state index in [-0.39, 0.29) is 16.7 Å². The third-order valence-corrected chi connectivity index (χ3v) is 9.04. The number of rotatable bonds is 6. The molecule has 1 aromatic rings. The van der Waals surface area contributed by atoms with Crippen molar-refractivity contribution in [2.75, 3.05) is 25.4 Å². The average molecular weight is 429 g/mol. The molecule has 30 heavy (non-hydrogen) atoms. The zero-order valence-electron chi connectivity index (χ0n) is 18.4. The van der Waals surface area contributed by atoms with Crippen molar-refractivity contribution in [1.29, 1.82) is 0 Å². The van der Waals surface area contributed by atoms with Crippen LogP contribution in [0.3, 0.4) is 0 Å². The maximum Gasteiger partial charge on any atom is 0.230 e. The summed E-state index contributed by atoms with van der Waals surface area (Å²) in [7, 11) is 0. The second-order valence-electron chi connectivity index (χ2n) is 9.23. The molecule has 1 spiro atoms. The Morgan fingerprint density at radius 3 is 2.47 bits per heavy atom. The van der Waals surface area contributed by atoms with Crippen LogP contribution in [0.4, 0.5) is 0 Å². The van der Waals surface area contributed by atoms with E-state index in [1.807, 2.05) is 34.9 Å². The van der Waals surface area contributed by atoms with Gasteiger partial charge < -0.3 is 9.80 Å². The van der Waals surface area contributed by atoms with E-state index < -0.39 is 0 Å². The fraction of sp³-hybridized carbons (Fsp3) is 0.680. The molecule has 0 radical (unpaired) electrons. The number of carbonyl (C=O) groups is 2. The fourth-order valence-electron chi connectivity index (χ4n) is 5.67. The van der Waals surface area contributed by atoms with Gasteiger partial charge in [0.1, 0.15) is 0 Å². The van der Waals surface area contributed by atoms with Crippen LogP contribution in [-0.4, -0.2) is 51.9 Å². The number of likely N-dealkylation sites (tertiary alicyclic amines) is 1. The van der Waals surface area contributed by atoms with Crippen LogP contribution in [0, 0.1) is 5.92 Å². The maximum absolute atomic E-state index is 13.2. The molecule has 1 aliphatic carbocycles. The minimum absolute atomic E-state index is 0.0550. The first kappa shape index (κ1) is 21.7. The fourth-order valence-corrected chi connectivity index (χ4v) is 7.15. The normalized spacial score (nSPS) is 22.6. The molecule has 4 rings (SSSR count). The van der Waals surface area contributed by atoms with E-state index >= 15 is 0 Å². The van der Waals surface area contributed by atoms with E-state index in [2.05, 4.69) is 24.0 Å². The molecular weight excluding hydrogens is 392 g/mol. The molecule has 0 unspecified atom stereocenters. The Morgan fingerprint density at radius 2 is 1.80 bits per heavy atom. The third-order valence-electron chi connectivity index (χ3n) is 7.48. The van der Waals surface area contributed by atoms with Gasteiger partial charge in [0.15, 0.2) is 0 Å². The molecule has 0 bridgehead atoms. The standard InChI is InChI=1S/C25H36N2O2S/c1-2-22(21-10-4-3-5-11-21)24(29)26-16-14-25(15-17-26)27(18-19-30-25)23(28)13-12-20-8-6-7-9-20/h3-5,10-11,20,22H,2,6-9,12-19H2,1H3/t22-/m0/s1. The van der Waals surface area contributed by atoms with E-state index in [0.29, 0.717) is 12.3 Å². The van der Waals surface area contributed by atoms with Gasteiger partial charge in [-0.05, 0) is 37.2 Å². The van der Waals surface area contributed by atoms with E-state index in [9.17, 15) is 9.59 Å². The maximum atomic E-state index is 13.2. The number of hydrogen-bond acceptors (Lipinski definition) is 3. The molecule has 3 aliphatic rings. The van der Waals surface area contributed by atoms with Gasteiger partial charge in [0.25, 0.3) is 0 Å². The lowest BCUT2D eigenvalue weighted by molar-refractivity contribution is -0.138. The quantitative estimate of drug-likeness (QED) is 0.637. The van der Waals surface area contributed by atoms with Crippen LogP contribution in [0.25, 0.3) is 0 Å². The number of nitrogens with zero attached hydrogens (tertiary/aromatic N) is 2. The molecule has 1 atom stereocenters. The lowest BCUT2D eigenvalue weighted by atomic mass is 9.93. The van der Waals surface area contributed by atoms with E-state index in [4.69, 9.17) is 0 Å². The third kappa shape index (κ3) is 4.56. The van der Waals surface area contributed by atoms with Gasteiger partial charge in [-0.2, -0.15) is 0 Å². The van der Waals surface area contributed by atoms with Crippen molar-refractivity contribution in [3.8, 4) is 0 Å². The molecule has 1 saturated carbocycles. The Labute approximate surface area is 185 Å². The van der Waals surface area contributed by atoms with Crippen molar-refractivity contribution >= 4 is 23.6 Å². The minimum Gasteiger partial charge on any atom is -0.342 e. The largest absolute Gasteiger partial charge is 0.342 e. The summed E-state index contributed by atoms with van der Waals surface area (Å²) in [5, 5.41) is 0. The van der Waals surface area contributed by atoms with Crippen LogP contribution in [0.1, 0.15) is 76.2 Å². The predicted octanol–water partition coefficient (Wildman–Crippen LogP) is 5.04. The lowest BCUT2D eigenvalue weighted by Crippen LogP contribution is -2.54. The van der Waals surface area contributed by atoms with Crippen molar-refractivity contribution < 1.29 is 9.59 Å². The van der Waals surface area contributed by atoms with Gasteiger partial charge in [0, 0.05) is 31.8 Å². The first-order valence-corrected chi connectivity index (χ1v) is 12.9. The highest BCUT2D eigenvalue weighted by molar-refractivity contribution is 8.00. The summed E-state index contributed by atoms with van der Waals surface area (Å²) in [5.74, 6) is 2.34. The van der Waals surface area contributed by atoms with E-state index in [1.54, 1.807) is 0 Å². The highest BCUT2D eigenvalue weighted by atomic mass is 32.2. The number of carbonyl (C=O) groups excluding carboxylic acids is 2. The van der Waals surface area contributed by atoms with Crippen molar-refractivity contribution in [2.45, 2.75) is 75.5 Å². The molecular formula is C25H36N2O2S. The molecule has 2 heterocycles. The molecule has 4 nitrogen and oxygen atoms in total. The predicted molar refractivity (Wildman–Crippen MR) is 123 cm³/mol. The first-order chi connectivity index (χ1) is 14.6. The van der Waals surface area contributed by atoms with Gasteiger partial charge in [-0.3, -0.25) is 9.59 Å². The second kappa shape index (κ2) is 9.76. The molecule has 0 N–H and O–H groups in total. The Kier molecular flexibility index (Phi) is 7.07. The number of amides is 2. The van der Waals surface area contributed by atoms with Crippen LogP contribution in [0.2, 0.25) is 0 Å². The molecule has 1 aromatic carbocycles. The molecule has 2 aliphatic heterocycles. The van der Waals surface area contributed by atoms with Crippen molar-refractivity contribution in [1.82, 2.24) is 9.80 Å². The van der Waals surface area contributed by atoms with Crippen molar-refractivity contribution in [3.05, 3.63) is 35.9 Å². The number of piperidine rings is 1. The lowest BCUT2D eigenvalue weighted by Gasteiger charge is -2.44. The molecule has 5 heteroatoms. The van der Waals surface area contributed by atoms with Crippen molar-refractivity contribution in [3.63, 3.8) is 0 Å².